The first-order valence-corrected chi connectivity index (χ1v) is 7.90. The second kappa shape index (κ2) is 5.47. The average Bonchev–Trinajstić information content (AvgIpc) is 3.20. The first-order chi connectivity index (χ1) is 10.3. The lowest BCUT2D eigenvalue weighted by molar-refractivity contribution is 0.0517. The van der Waals surface area contributed by atoms with Gasteiger partial charge in [0.1, 0.15) is 5.75 Å². The normalized spacial score (nSPS) is 17.8. The number of benzene rings is 1. The maximum Gasteiger partial charge on any atom is 0.254 e. The van der Waals surface area contributed by atoms with Crippen LogP contribution in [0.3, 0.4) is 0 Å². The Morgan fingerprint density at radius 3 is 2.77 bits per heavy atom. The Labute approximate surface area is 131 Å². The van der Waals surface area contributed by atoms with E-state index in [0.29, 0.717) is 49.0 Å². The number of amides is 1. The van der Waals surface area contributed by atoms with Gasteiger partial charge in [0.2, 0.25) is 0 Å². The van der Waals surface area contributed by atoms with Crippen molar-refractivity contribution in [3.8, 4) is 5.75 Å². The quantitative estimate of drug-likeness (QED) is 0.790. The molecule has 0 bridgehead atoms. The molecule has 120 valence electrons. The second-order valence-corrected chi connectivity index (χ2v) is 7.09. The monoisotopic (exact) mass is 304 g/mol. The van der Waals surface area contributed by atoms with Gasteiger partial charge in [-0.1, -0.05) is 0 Å². The molecule has 0 atom stereocenters. The molecule has 1 saturated carbocycles. The molecule has 1 heterocycles. The molecule has 0 aromatic heterocycles. The summed E-state index contributed by atoms with van der Waals surface area (Å²) in [7, 11) is 0. The molecule has 3 rings (SSSR count). The van der Waals surface area contributed by atoms with Gasteiger partial charge in [-0.3, -0.25) is 4.79 Å². The minimum absolute atomic E-state index is 0.00415. The highest BCUT2D eigenvalue weighted by molar-refractivity contribution is 5.99. The minimum Gasteiger partial charge on any atom is -0.491 e. The molecular weight excluding hydrogens is 280 g/mol. The van der Waals surface area contributed by atoms with Crippen LogP contribution < -0.4 is 10.5 Å². The molecule has 1 fully saturated rings. The van der Waals surface area contributed by atoms with E-state index in [1.165, 1.54) is 12.8 Å². The van der Waals surface area contributed by atoms with Crippen LogP contribution in [0.4, 0.5) is 5.69 Å². The van der Waals surface area contributed by atoms with Crippen LogP contribution in [0.15, 0.2) is 12.1 Å². The van der Waals surface area contributed by atoms with Crippen molar-refractivity contribution in [1.29, 1.82) is 0 Å². The number of fused-ring (bicyclic) bond motifs is 1. The van der Waals surface area contributed by atoms with E-state index in [1.807, 2.05) is 6.07 Å². The topological polar surface area (TPSA) is 75.8 Å². The second-order valence-electron chi connectivity index (χ2n) is 7.09. The fourth-order valence-electron chi connectivity index (χ4n) is 2.63. The predicted octanol–water partition coefficient (Wildman–Crippen LogP) is 2.17. The summed E-state index contributed by atoms with van der Waals surface area (Å²) in [6, 6.07) is 3.62. The van der Waals surface area contributed by atoms with Gasteiger partial charge >= 0.3 is 0 Å². The van der Waals surface area contributed by atoms with Crippen molar-refractivity contribution in [1.82, 2.24) is 4.90 Å². The smallest absolute Gasteiger partial charge is 0.254 e. The maximum absolute atomic E-state index is 12.5. The lowest BCUT2D eigenvalue weighted by atomic mass is 10.1. The summed E-state index contributed by atoms with van der Waals surface area (Å²) in [5, 5.41) is 9.82. The van der Waals surface area contributed by atoms with Gasteiger partial charge in [-0.15, -0.1) is 0 Å². The van der Waals surface area contributed by atoms with E-state index in [2.05, 4.69) is 0 Å². The first kappa shape index (κ1) is 15.2. The van der Waals surface area contributed by atoms with Crippen LogP contribution in [0.2, 0.25) is 0 Å². The van der Waals surface area contributed by atoms with Gasteiger partial charge in [-0.05, 0) is 56.7 Å². The van der Waals surface area contributed by atoms with Crippen LogP contribution in [-0.4, -0.2) is 34.7 Å². The van der Waals surface area contributed by atoms with Gasteiger partial charge in [0, 0.05) is 18.7 Å². The highest BCUT2D eigenvalue weighted by Crippen LogP contribution is 2.34. The number of aliphatic hydroxyl groups is 1. The Morgan fingerprint density at radius 2 is 2.14 bits per heavy atom. The largest absolute Gasteiger partial charge is 0.491 e. The van der Waals surface area contributed by atoms with Crippen LogP contribution in [0, 0.1) is 5.92 Å². The summed E-state index contributed by atoms with van der Waals surface area (Å²) in [4.78, 5) is 14.2. The zero-order valence-corrected chi connectivity index (χ0v) is 13.3. The fraction of sp³-hybridized carbons (Fsp3) is 0.588. The molecule has 1 amide bonds. The average molecular weight is 304 g/mol. The molecule has 0 spiro atoms. The van der Waals surface area contributed by atoms with Gasteiger partial charge in [0.15, 0.2) is 0 Å². The van der Waals surface area contributed by atoms with Crippen LogP contribution in [-0.2, 0) is 6.54 Å². The molecule has 1 aromatic carbocycles. The number of rotatable bonds is 6. The van der Waals surface area contributed by atoms with Crippen molar-refractivity contribution in [2.45, 2.75) is 45.3 Å². The standard InChI is InChI=1S/C17H24N2O3/c1-17(2,21)5-6-19-9-12-7-14(18)15(8-13(12)16(19)20)22-10-11-3-4-11/h7-8,11,21H,3-6,9-10,18H2,1-2H3. The van der Waals surface area contributed by atoms with Crippen molar-refractivity contribution < 1.29 is 14.6 Å². The molecule has 3 N–H and O–H groups in total. The van der Waals surface area contributed by atoms with E-state index in [-0.39, 0.29) is 5.91 Å². The molecule has 0 radical (unpaired) electrons. The third-order valence-corrected chi connectivity index (χ3v) is 4.28. The van der Waals surface area contributed by atoms with Gasteiger partial charge in [0.05, 0.1) is 17.9 Å². The molecule has 1 aliphatic carbocycles. The molecule has 0 saturated heterocycles. The Morgan fingerprint density at radius 1 is 1.41 bits per heavy atom. The van der Waals surface area contributed by atoms with Crippen molar-refractivity contribution >= 4 is 11.6 Å². The molecular formula is C17H24N2O3. The third-order valence-electron chi connectivity index (χ3n) is 4.28. The highest BCUT2D eigenvalue weighted by Gasteiger charge is 2.30. The number of hydrogen-bond acceptors (Lipinski definition) is 4. The number of carbonyl (C=O) groups is 1. The Balaban J connectivity index is 1.71. The number of nitrogen functional groups attached to an aromatic ring is 1. The molecule has 0 unspecified atom stereocenters. The Kier molecular flexibility index (Phi) is 3.77. The van der Waals surface area contributed by atoms with Crippen LogP contribution >= 0.6 is 0 Å². The van der Waals surface area contributed by atoms with Gasteiger partial charge in [0.25, 0.3) is 5.91 Å². The first-order valence-electron chi connectivity index (χ1n) is 7.90. The molecule has 1 aromatic rings. The van der Waals surface area contributed by atoms with E-state index < -0.39 is 5.60 Å². The van der Waals surface area contributed by atoms with Gasteiger partial charge < -0.3 is 20.5 Å². The van der Waals surface area contributed by atoms with Crippen molar-refractivity contribution in [2.75, 3.05) is 18.9 Å². The van der Waals surface area contributed by atoms with Gasteiger partial charge in [-0.2, -0.15) is 0 Å². The van der Waals surface area contributed by atoms with Crippen molar-refractivity contribution in [3.05, 3.63) is 23.3 Å². The number of nitrogens with zero attached hydrogens (tertiary/aromatic N) is 1. The SMILES string of the molecule is CC(C)(O)CCN1Cc2cc(N)c(OCC3CC3)cc2C1=O. The van der Waals surface area contributed by atoms with Crippen molar-refractivity contribution in [2.24, 2.45) is 5.92 Å². The zero-order chi connectivity index (χ0) is 15.9. The highest BCUT2D eigenvalue weighted by atomic mass is 16.5. The Hall–Kier alpha value is -1.75. The van der Waals surface area contributed by atoms with Crippen molar-refractivity contribution in [3.63, 3.8) is 0 Å². The number of carbonyl (C=O) groups excluding carboxylic acids is 1. The zero-order valence-electron chi connectivity index (χ0n) is 13.3. The van der Waals surface area contributed by atoms with Crippen LogP contribution in [0.1, 0.15) is 49.0 Å². The summed E-state index contributed by atoms with van der Waals surface area (Å²) < 4.78 is 5.75. The fourth-order valence-corrected chi connectivity index (χ4v) is 2.63. The maximum atomic E-state index is 12.5. The predicted molar refractivity (Wildman–Crippen MR) is 84.7 cm³/mol. The van der Waals surface area contributed by atoms with Crippen LogP contribution in [0.25, 0.3) is 0 Å². The van der Waals surface area contributed by atoms with E-state index in [1.54, 1.807) is 24.8 Å². The number of anilines is 1. The molecule has 22 heavy (non-hydrogen) atoms. The number of nitrogens with two attached hydrogens (primary N) is 1. The molecule has 1 aliphatic heterocycles. The number of hydrogen-bond donors (Lipinski definition) is 2. The van der Waals surface area contributed by atoms with E-state index >= 15 is 0 Å². The minimum atomic E-state index is -0.771. The summed E-state index contributed by atoms with van der Waals surface area (Å²) in [6.07, 6.45) is 2.98. The van der Waals surface area contributed by atoms with E-state index in [9.17, 15) is 9.90 Å². The summed E-state index contributed by atoms with van der Waals surface area (Å²) in [5.74, 6) is 1.26. The Bertz CT molecular complexity index is 588. The summed E-state index contributed by atoms with van der Waals surface area (Å²) in [6.45, 7) is 5.27. The molecule has 5 nitrogen and oxygen atoms in total. The molecule has 5 heteroatoms. The third kappa shape index (κ3) is 3.35. The summed E-state index contributed by atoms with van der Waals surface area (Å²) in [5.41, 5.74) is 7.48. The lowest BCUT2D eigenvalue weighted by Crippen LogP contribution is -2.31. The lowest BCUT2D eigenvalue weighted by Gasteiger charge is -2.22. The summed E-state index contributed by atoms with van der Waals surface area (Å²) >= 11 is 0. The molecule has 2 aliphatic rings. The van der Waals surface area contributed by atoms with Gasteiger partial charge in [-0.25, -0.2) is 0 Å². The van der Waals surface area contributed by atoms with Crippen LogP contribution in [0.5, 0.6) is 5.75 Å². The number of ether oxygens (including phenoxy) is 1. The van der Waals surface area contributed by atoms with E-state index in [4.69, 9.17) is 10.5 Å². The van der Waals surface area contributed by atoms with E-state index in [0.717, 1.165) is 5.56 Å².